The number of pyridine rings is 1. The molecular weight excluding hydrogens is 420 g/mol. The zero-order chi connectivity index (χ0) is 18.4. The summed E-state index contributed by atoms with van der Waals surface area (Å²) in [4.78, 5) is 19.4. The lowest BCUT2D eigenvalue weighted by Gasteiger charge is -2.20. The van der Waals surface area contributed by atoms with Gasteiger partial charge in [0, 0.05) is 26.4 Å². The number of amides is 1. The Morgan fingerprint density at radius 1 is 1.48 bits per heavy atom. The maximum absolute atomic E-state index is 13.2. The molecular formula is C18H26BrClN2O2Si. The molecule has 1 aliphatic carbocycles. The fourth-order valence-electron chi connectivity index (χ4n) is 3.75. The topological polar surface area (TPSA) is 42.4 Å². The SMILES string of the molecule is CCCC1CC12C(=O)N(COCC[Si](C)(C)C)c1ncc(Br)c(Cl)c12. The van der Waals surface area contributed by atoms with Gasteiger partial charge in [0.2, 0.25) is 5.91 Å². The number of carbonyl (C=O) groups is 1. The van der Waals surface area contributed by atoms with E-state index < -0.39 is 13.5 Å². The van der Waals surface area contributed by atoms with Crippen LogP contribution in [0.1, 0.15) is 31.7 Å². The molecule has 1 saturated carbocycles. The van der Waals surface area contributed by atoms with Crippen molar-refractivity contribution in [3.8, 4) is 0 Å². The van der Waals surface area contributed by atoms with Crippen molar-refractivity contribution in [2.45, 2.75) is 57.3 Å². The summed E-state index contributed by atoms with van der Waals surface area (Å²) in [7, 11) is -1.15. The van der Waals surface area contributed by atoms with E-state index in [4.69, 9.17) is 16.3 Å². The summed E-state index contributed by atoms with van der Waals surface area (Å²) in [5.74, 6) is 1.16. The zero-order valence-electron chi connectivity index (χ0n) is 15.4. The van der Waals surface area contributed by atoms with Crippen molar-refractivity contribution in [2.75, 3.05) is 18.2 Å². The van der Waals surface area contributed by atoms with E-state index in [2.05, 4.69) is 47.5 Å². The minimum atomic E-state index is -1.15. The zero-order valence-corrected chi connectivity index (χ0v) is 18.7. The van der Waals surface area contributed by atoms with Crippen LogP contribution in [0.25, 0.3) is 0 Å². The molecule has 0 radical (unpaired) electrons. The van der Waals surface area contributed by atoms with Gasteiger partial charge in [-0.15, -0.1) is 0 Å². The molecule has 138 valence electrons. The van der Waals surface area contributed by atoms with E-state index in [0.717, 1.165) is 35.3 Å². The second-order valence-electron chi connectivity index (χ2n) is 8.36. The number of carbonyl (C=O) groups excluding carboxylic acids is 1. The average molecular weight is 446 g/mol. The molecule has 3 rings (SSSR count). The Morgan fingerprint density at radius 2 is 2.20 bits per heavy atom. The van der Waals surface area contributed by atoms with Crippen molar-refractivity contribution in [3.05, 3.63) is 21.3 Å². The molecule has 1 aliphatic heterocycles. The van der Waals surface area contributed by atoms with Crippen molar-refractivity contribution in [2.24, 2.45) is 5.92 Å². The third-order valence-corrected chi connectivity index (χ3v) is 8.17. The first kappa shape index (κ1) is 19.3. The summed E-state index contributed by atoms with van der Waals surface area (Å²) >= 11 is 10.0. The van der Waals surface area contributed by atoms with E-state index in [1.54, 1.807) is 11.1 Å². The van der Waals surface area contributed by atoms with Gasteiger partial charge in [0.25, 0.3) is 0 Å². The van der Waals surface area contributed by atoms with E-state index in [9.17, 15) is 4.79 Å². The Bertz CT molecular complexity index is 694. The predicted octanol–water partition coefficient (Wildman–Crippen LogP) is 5.21. The highest BCUT2D eigenvalue weighted by atomic mass is 79.9. The van der Waals surface area contributed by atoms with E-state index >= 15 is 0 Å². The lowest BCUT2D eigenvalue weighted by Crippen LogP contribution is -2.35. The van der Waals surface area contributed by atoms with Gasteiger partial charge in [0.05, 0.1) is 14.9 Å². The maximum Gasteiger partial charge on any atom is 0.241 e. The van der Waals surface area contributed by atoms with Gasteiger partial charge in [-0.05, 0) is 40.7 Å². The first-order valence-corrected chi connectivity index (χ1v) is 13.8. The molecule has 4 nitrogen and oxygen atoms in total. The third-order valence-electron chi connectivity index (χ3n) is 5.24. The Hall–Kier alpha value is -0.433. The average Bonchev–Trinajstić information content (AvgIpc) is 3.18. The number of anilines is 1. The largest absolute Gasteiger partial charge is 0.361 e. The first-order valence-electron chi connectivity index (χ1n) is 8.96. The highest BCUT2D eigenvalue weighted by Crippen LogP contribution is 2.64. The minimum Gasteiger partial charge on any atom is -0.361 e. The monoisotopic (exact) mass is 444 g/mol. The van der Waals surface area contributed by atoms with Gasteiger partial charge >= 0.3 is 0 Å². The van der Waals surface area contributed by atoms with E-state index in [0.29, 0.717) is 23.4 Å². The van der Waals surface area contributed by atoms with Crippen LogP contribution in [0.4, 0.5) is 5.82 Å². The van der Waals surface area contributed by atoms with Gasteiger partial charge < -0.3 is 4.74 Å². The highest BCUT2D eigenvalue weighted by Gasteiger charge is 2.67. The number of rotatable bonds is 7. The van der Waals surface area contributed by atoms with Crippen LogP contribution in [0.15, 0.2) is 10.7 Å². The number of aromatic nitrogens is 1. The normalized spacial score (nSPS) is 25.0. The summed E-state index contributed by atoms with van der Waals surface area (Å²) in [5.41, 5.74) is 0.433. The van der Waals surface area contributed by atoms with E-state index in [1.165, 1.54) is 0 Å². The molecule has 1 fully saturated rings. The number of hydrogen-bond donors (Lipinski definition) is 0. The number of hydrogen-bond acceptors (Lipinski definition) is 3. The molecule has 2 atom stereocenters. The molecule has 2 heterocycles. The Morgan fingerprint density at radius 3 is 2.84 bits per heavy atom. The third kappa shape index (κ3) is 3.43. The van der Waals surface area contributed by atoms with Crippen LogP contribution in [0.2, 0.25) is 30.7 Å². The lowest BCUT2D eigenvalue weighted by atomic mass is 9.94. The van der Waals surface area contributed by atoms with Crippen LogP contribution in [0.5, 0.6) is 0 Å². The van der Waals surface area contributed by atoms with Gasteiger partial charge in [-0.2, -0.15) is 0 Å². The summed E-state index contributed by atoms with van der Waals surface area (Å²) in [6.07, 6.45) is 4.66. The van der Waals surface area contributed by atoms with Crippen LogP contribution in [-0.2, 0) is 14.9 Å². The molecule has 2 aliphatic rings. The number of fused-ring (bicyclic) bond motifs is 2. The smallest absolute Gasteiger partial charge is 0.241 e. The molecule has 0 aromatic carbocycles. The molecule has 25 heavy (non-hydrogen) atoms. The maximum atomic E-state index is 13.2. The second-order valence-corrected chi connectivity index (χ2v) is 15.2. The van der Waals surface area contributed by atoms with Gasteiger partial charge in [-0.1, -0.05) is 44.6 Å². The molecule has 0 bridgehead atoms. The standard InChI is InChI=1S/C18H26BrClN2O2Si/c1-5-6-12-9-18(12)14-15(20)13(19)10-21-16(14)22(17(18)23)11-24-7-8-25(2,3)4/h10,12H,5-9,11H2,1-4H3. The van der Waals surface area contributed by atoms with Crippen LogP contribution < -0.4 is 4.90 Å². The summed E-state index contributed by atoms with van der Waals surface area (Å²) in [6, 6.07) is 1.08. The van der Waals surface area contributed by atoms with Crippen molar-refractivity contribution < 1.29 is 9.53 Å². The quantitative estimate of drug-likeness (QED) is 0.427. The Balaban J connectivity index is 1.83. The molecule has 1 spiro atoms. The Labute approximate surface area is 164 Å². The van der Waals surface area contributed by atoms with Crippen LogP contribution >= 0.6 is 27.5 Å². The van der Waals surface area contributed by atoms with Crippen molar-refractivity contribution in [1.82, 2.24) is 4.98 Å². The first-order chi connectivity index (χ1) is 11.7. The van der Waals surface area contributed by atoms with E-state index in [-0.39, 0.29) is 12.6 Å². The molecule has 1 aromatic heterocycles. The van der Waals surface area contributed by atoms with Crippen molar-refractivity contribution >= 4 is 47.3 Å². The lowest BCUT2D eigenvalue weighted by molar-refractivity contribution is -0.121. The van der Waals surface area contributed by atoms with Crippen molar-refractivity contribution in [1.29, 1.82) is 0 Å². The Kier molecular flexibility index (Phi) is 5.37. The van der Waals surface area contributed by atoms with Crippen molar-refractivity contribution in [3.63, 3.8) is 0 Å². The van der Waals surface area contributed by atoms with Gasteiger partial charge in [-0.25, -0.2) is 4.98 Å². The molecule has 2 unspecified atom stereocenters. The number of ether oxygens (including phenoxy) is 1. The van der Waals surface area contributed by atoms with Gasteiger partial charge in [0.1, 0.15) is 12.5 Å². The fourth-order valence-corrected chi connectivity index (χ4v) is 5.11. The molecule has 1 amide bonds. The predicted molar refractivity (Wildman–Crippen MR) is 108 cm³/mol. The molecule has 0 N–H and O–H groups in total. The van der Waals surface area contributed by atoms with Gasteiger partial charge in [0.15, 0.2) is 0 Å². The summed E-state index contributed by atoms with van der Waals surface area (Å²) < 4.78 is 6.61. The second kappa shape index (κ2) is 6.95. The van der Waals surface area contributed by atoms with E-state index in [1.807, 2.05) is 0 Å². The summed E-state index contributed by atoms with van der Waals surface area (Å²) in [5, 5.41) is 0.626. The van der Waals surface area contributed by atoms with Gasteiger partial charge in [-0.3, -0.25) is 9.69 Å². The molecule has 7 heteroatoms. The molecule has 1 aromatic rings. The van der Waals surface area contributed by atoms with Crippen LogP contribution in [0.3, 0.4) is 0 Å². The summed E-state index contributed by atoms with van der Waals surface area (Å²) in [6.45, 7) is 10.1. The van der Waals surface area contributed by atoms with Crippen LogP contribution in [-0.4, -0.2) is 32.3 Å². The molecule has 0 saturated heterocycles. The fraction of sp³-hybridized carbons (Fsp3) is 0.667. The minimum absolute atomic E-state index is 0.112. The highest BCUT2D eigenvalue weighted by molar-refractivity contribution is 9.10. The van der Waals surface area contributed by atoms with Crippen LogP contribution in [0, 0.1) is 5.92 Å². The number of halogens is 2. The number of nitrogens with zero attached hydrogens (tertiary/aromatic N) is 2.